The third kappa shape index (κ3) is 5.78. The lowest BCUT2D eigenvalue weighted by molar-refractivity contribution is 0.0939. The Hall–Kier alpha value is -1.46. The van der Waals surface area contributed by atoms with Crippen molar-refractivity contribution in [2.75, 3.05) is 26.8 Å². The molecule has 1 atom stereocenters. The topological polar surface area (TPSA) is 50.8 Å². The van der Waals surface area contributed by atoms with Gasteiger partial charge in [-0.05, 0) is 52.3 Å². The molecule has 0 radical (unpaired) electrons. The number of rotatable bonds is 11. The third-order valence-electron chi connectivity index (χ3n) is 4.69. The predicted octanol–water partition coefficient (Wildman–Crippen LogP) is 4.13. The van der Waals surface area contributed by atoms with Gasteiger partial charge in [0.2, 0.25) is 0 Å². The minimum Gasteiger partial charge on any atom is -0.490 e. The van der Waals surface area contributed by atoms with Crippen LogP contribution >= 0.6 is 11.6 Å². The first-order valence-corrected chi connectivity index (χ1v) is 9.94. The van der Waals surface area contributed by atoms with Crippen molar-refractivity contribution >= 4 is 17.5 Å². The van der Waals surface area contributed by atoms with Gasteiger partial charge in [0.1, 0.15) is 0 Å². The second kappa shape index (κ2) is 10.0. The molecule has 1 aromatic carbocycles. The molecule has 0 aromatic heterocycles. The standard InChI is InChI=1S/C20H31ClN2O3/c1-5-7-10-26-19-17(21)11-15(12-18(19)25-6-2)20(24)22-13-14(3)23(4)16-8-9-16/h11-12,14,16H,5-10,13H2,1-4H3,(H,22,24). The van der Waals surface area contributed by atoms with Crippen molar-refractivity contribution in [3.8, 4) is 11.5 Å². The molecule has 1 saturated carbocycles. The molecule has 1 amide bonds. The average molecular weight is 383 g/mol. The van der Waals surface area contributed by atoms with Crippen molar-refractivity contribution in [2.24, 2.45) is 0 Å². The molecule has 5 nitrogen and oxygen atoms in total. The largest absolute Gasteiger partial charge is 0.490 e. The number of halogens is 1. The van der Waals surface area contributed by atoms with Gasteiger partial charge < -0.3 is 14.8 Å². The molecular formula is C20H31ClN2O3. The summed E-state index contributed by atoms with van der Waals surface area (Å²) in [7, 11) is 2.11. The van der Waals surface area contributed by atoms with Crippen molar-refractivity contribution in [3.05, 3.63) is 22.7 Å². The quantitative estimate of drug-likeness (QED) is 0.584. The zero-order chi connectivity index (χ0) is 19.1. The molecule has 1 N–H and O–H groups in total. The fourth-order valence-corrected chi connectivity index (χ4v) is 3.01. The smallest absolute Gasteiger partial charge is 0.251 e. The Morgan fingerprint density at radius 3 is 2.69 bits per heavy atom. The van der Waals surface area contributed by atoms with Crippen LogP contribution in [0.1, 0.15) is 56.8 Å². The van der Waals surface area contributed by atoms with E-state index in [0.29, 0.717) is 53.9 Å². The van der Waals surface area contributed by atoms with Gasteiger partial charge in [-0.1, -0.05) is 24.9 Å². The summed E-state index contributed by atoms with van der Waals surface area (Å²) < 4.78 is 11.4. The Bertz CT molecular complexity index is 605. The summed E-state index contributed by atoms with van der Waals surface area (Å²) in [4.78, 5) is 14.9. The van der Waals surface area contributed by atoms with Crippen LogP contribution in [0.5, 0.6) is 11.5 Å². The van der Waals surface area contributed by atoms with E-state index in [4.69, 9.17) is 21.1 Å². The number of carbonyl (C=O) groups excluding carboxylic acids is 1. The number of carbonyl (C=O) groups is 1. The monoisotopic (exact) mass is 382 g/mol. The predicted molar refractivity (Wildman–Crippen MR) is 106 cm³/mol. The van der Waals surface area contributed by atoms with Gasteiger partial charge in [0.05, 0.1) is 18.2 Å². The van der Waals surface area contributed by atoms with E-state index in [1.165, 1.54) is 12.8 Å². The lowest BCUT2D eigenvalue weighted by Gasteiger charge is -2.24. The van der Waals surface area contributed by atoms with E-state index in [9.17, 15) is 4.79 Å². The average Bonchev–Trinajstić information content (AvgIpc) is 3.46. The van der Waals surface area contributed by atoms with Crippen molar-refractivity contribution in [1.82, 2.24) is 10.2 Å². The molecule has 146 valence electrons. The molecule has 1 aliphatic rings. The van der Waals surface area contributed by atoms with Gasteiger partial charge in [-0.25, -0.2) is 0 Å². The van der Waals surface area contributed by atoms with Gasteiger partial charge >= 0.3 is 0 Å². The summed E-state index contributed by atoms with van der Waals surface area (Å²) in [5.41, 5.74) is 0.488. The molecule has 1 unspecified atom stereocenters. The molecule has 1 fully saturated rings. The highest BCUT2D eigenvalue weighted by Gasteiger charge is 2.29. The second-order valence-corrected chi connectivity index (χ2v) is 7.28. The molecule has 0 aliphatic heterocycles. The second-order valence-electron chi connectivity index (χ2n) is 6.88. The normalized spacial score (nSPS) is 15.0. The lowest BCUT2D eigenvalue weighted by Crippen LogP contribution is -2.41. The minimum atomic E-state index is -0.149. The van der Waals surface area contributed by atoms with Crippen LogP contribution in [0.15, 0.2) is 12.1 Å². The Morgan fingerprint density at radius 2 is 2.08 bits per heavy atom. The van der Waals surface area contributed by atoms with E-state index in [1.54, 1.807) is 12.1 Å². The summed E-state index contributed by atoms with van der Waals surface area (Å²) in [5, 5.41) is 3.40. The highest BCUT2D eigenvalue weighted by molar-refractivity contribution is 6.32. The van der Waals surface area contributed by atoms with Crippen LogP contribution in [0.3, 0.4) is 0 Å². The summed E-state index contributed by atoms with van der Waals surface area (Å²) in [6.45, 7) is 7.78. The molecule has 0 bridgehead atoms. The van der Waals surface area contributed by atoms with E-state index < -0.39 is 0 Å². The Kier molecular flexibility index (Phi) is 8.04. The number of ether oxygens (including phenoxy) is 2. The van der Waals surface area contributed by atoms with Crippen LogP contribution in [0.2, 0.25) is 5.02 Å². The fourth-order valence-electron chi connectivity index (χ4n) is 2.75. The van der Waals surface area contributed by atoms with E-state index in [-0.39, 0.29) is 5.91 Å². The van der Waals surface area contributed by atoms with Crippen molar-refractivity contribution < 1.29 is 14.3 Å². The van der Waals surface area contributed by atoms with Crippen LogP contribution in [-0.4, -0.2) is 49.7 Å². The number of unbranched alkanes of at least 4 members (excludes halogenated alkanes) is 1. The van der Waals surface area contributed by atoms with Crippen LogP contribution in [-0.2, 0) is 0 Å². The first-order valence-electron chi connectivity index (χ1n) is 9.57. The van der Waals surface area contributed by atoms with Crippen molar-refractivity contribution in [3.63, 3.8) is 0 Å². The number of likely N-dealkylation sites (N-methyl/N-ethyl adjacent to an activating group) is 1. The van der Waals surface area contributed by atoms with E-state index >= 15 is 0 Å². The van der Waals surface area contributed by atoms with Crippen molar-refractivity contribution in [1.29, 1.82) is 0 Å². The number of nitrogens with zero attached hydrogens (tertiary/aromatic N) is 1. The SMILES string of the molecule is CCCCOc1c(Cl)cc(C(=O)NCC(C)N(C)C2CC2)cc1OCC. The number of hydrogen-bond donors (Lipinski definition) is 1. The van der Waals surface area contributed by atoms with Gasteiger partial charge in [0, 0.05) is 24.2 Å². The van der Waals surface area contributed by atoms with Gasteiger partial charge in [-0.2, -0.15) is 0 Å². The van der Waals surface area contributed by atoms with Gasteiger partial charge in [-0.15, -0.1) is 0 Å². The lowest BCUT2D eigenvalue weighted by atomic mass is 10.1. The van der Waals surface area contributed by atoms with Crippen molar-refractivity contribution in [2.45, 2.75) is 58.5 Å². The number of amides is 1. The molecule has 6 heteroatoms. The molecule has 0 heterocycles. The van der Waals surface area contributed by atoms with E-state index in [1.807, 2.05) is 6.92 Å². The van der Waals surface area contributed by atoms with Crippen LogP contribution in [0.25, 0.3) is 0 Å². The molecule has 26 heavy (non-hydrogen) atoms. The van der Waals surface area contributed by atoms with E-state index in [0.717, 1.165) is 12.8 Å². The Labute approximate surface area is 162 Å². The molecule has 2 rings (SSSR count). The molecule has 1 aromatic rings. The summed E-state index contributed by atoms with van der Waals surface area (Å²) in [6.07, 6.45) is 4.48. The maximum atomic E-state index is 12.6. The molecule has 1 aliphatic carbocycles. The van der Waals surface area contributed by atoms with Gasteiger partial charge in [0.25, 0.3) is 5.91 Å². The maximum Gasteiger partial charge on any atom is 0.251 e. The van der Waals surface area contributed by atoms with Gasteiger partial charge in [-0.3, -0.25) is 9.69 Å². The highest BCUT2D eigenvalue weighted by atomic mass is 35.5. The van der Waals surface area contributed by atoms with Crippen LogP contribution in [0, 0.1) is 0 Å². The number of benzene rings is 1. The summed E-state index contributed by atoms with van der Waals surface area (Å²) >= 11 is 6.36. The Balaban J connectivity index is 2.03. The highest BCUT2D eigenvalue weighted by Crippen LogP contribution is 2.37. The van der Waals surface area contributed by atoms with Crippen LogP contribution < -0.4 is 14.8 Å². The Morgan fingerprint density at radius 1 is 1.35 bits per heavy atom. The first kappa shape index (κ1) is 20.8. The fraction of sp³-hybridized carbons (Fsp3) is 0.650. The minimum absolute atomic E-state index is 0.149. The third-order valence-corrected chi connectivity index (χ3v) is 4.97. The van der Waals surface area contributed by atoms with E-state index in [2.05, 4.69) is 31.1 Å². The molecular weight excluding hydrogens is 352 g/mol. The van der Waals surface area contributed by atoms with Gasteiger partial charge in [0.15, 0.2) is 11.5 Å². The molecule has 0 spiro atoms. The summed E-state index contributed by atoms with van der Waals surface area (Å²) in [6, 6.07) is 4.32. The zero-order valence-electron chi connectivity index (χ0n) is 16.3. The zero-order valence-corrected chi connectivity index (χ0v) is 17.1. The summed E-state index contributed by atoms with van der Waals surface area (Å²) in [5.74, 6) is 0.883. The first-order chi connectivity index (χ1) is 12.5. The number of hydrogen-bond acceptors (Lipinski definition) is 4. The number of nitrogens with one attached hydrogen (secondary N) is 1. The maximum absolute atomic E-state index is 12.6. The molecule has 0 saturated heterocycles. The van der Waals surface area contributed by atoms with Crippen LogP contribution in [0.4, 0.5) is 0 Å².